The molecular weight excluding hydrogens is 382 g/mol. The molecule has 6 heteroatoms. The van der Waals surface area contributed by atoms with Gasteiger partial charge in [-0.15, -0.1) is 0 Å². The first-order valence-corrected chi connectivity index (χ1v) is 10.3. The zero-order valence-corrected chi connectivity index (χ0v) is 17.2. The molecule has 0 saturated carbocycles. The Hall–Kier alpha value is -3.15. The molecule has 0 fully saturated rings. The molecular formula is C24H27NO5. The number of fused-ring (bicyclic) bond motifs is 1. The van der Waals surface area contributed by atoms with Crippen LogP contribution in [0, 0.1) is 5.92 Å². The highest BCUT2D eigenvalue weighted by Crippen LogP contribution is 2.27. The molecule has 0 saturated heterocycles. The molecule has 0 spiro atoms. The van der Waals surface area contributed by atoms with Crippen molar-refractivity contribution >= 4 is 17.8 Å². The van der Waals surface area contributed by atoms with E-state index in [1.54, 1.807) is 17.0 Å². The van der Waals surface area contributed by atoms with Gasteiger partial charge in [0.05, 0.1) is 17.9 Å². The highest BCUT2D eigenvalue weighted by atomic mass is 16.5. The van der Waals surface area contributed by atoms with E-state index in [2.05, 4.69) is 6.92 Å². The molecule has 1 amide bonds. The second kappa shape index (κ2) is 10.1. The summed E-state index contributed by atoms with van der Waals surface area (Å²) in [7, 11) is 0. The molecule has 1 atom stereocenters. The van der Waals surface area contributed by atoms with E-state index < -0.39 is 17.9 Å². The number of unbranched alkanes of at least 4 members (excludes halogenated alkanes) is 1. The van der Waals surface area contributed by atoms with Gasteiger partial charge >= 0.3 is 11.9 Å². The average Bonchev–Trinajstić information content (AvgIpc) is 2.87. The molecule has 1 heterocycles. The van der Waals surface area contributed by atoms with Crippen molar-refractivity contribution in [2.75, 3.05) is 6.54 Å². The van der Waals surface area contributed by atoms with Gasteiger partial charge in [0.1, 0.15) is 6.61 Å². The molecule has 158 valence electrons. The lowest BCUT2D eigenvalue weighted by atomic mass is 9.93. The van der Waals surface area contributed by atoms with E-state index in [0.29, 0.717) is 25.1 Å². The quantitative estimate of drug-likeness (QED) is 0.670. The Labute approximate surface area is 176 Å². The van der Waals surface area contributed by atoms with Crippen LogP contribution in [0.25, 0.3) is 0 Å². The fourth-order valence-corrected chi connectivity index (χ4v) is 3.71. The van der Waals surface area contributed by atoms with Crippen LogP contribution in [0.2, 0.25) is 0 Å². The van der Waals surface area contributed by atoms with Gasteiger partial charge in [0.2, 0.25) is 5.91 Å². The summed E-state index contributed by atoms with van der Waals surface area (Å²) in [5, 5.41) is 9.26. The maximum absolute atomic E-state index is 12.9. The summed E-state index contributed by atoms with van der Waals surface area (Å²) in [5.74, 6) is -2.19. The number of carbonyl (C=O) groups is 3. The van der Waals surface area contributed by atoms with Crippen molar-refractivity contribution in [1.29, 1.82) is 0 Å². The number of carbonyl (C=O) groups excluding carboxylic acids is 2. The number of carboxylic acid groups (broad SMARTS) is 1. The van der Waals surface area contributed by atoms with Crippen LogP contribution in [-0.4, -0.2) is 34.4 Å². The van der Waals surface area contributed by atoms with Crippen molar-refractivity contribution in [3.63, 3.8) is 0 Å². The van der Waals surface area contributed by atoms with Crippen molar-refractivity contribution in [1.82, 2.24) is 4.90 Å². The van der Waals surface area contributed by atoms with Gasteiger partial charge in [0, 0.05) is 13.1 Å². The summed E-state index contributed by atoms with van der Waals surface area (Å²) in [6.45, 7) is 3.27. The van der Waals surface area contributed by atoms with Gasteiger partial charge in [-0.25, -0.2) is 4.79 Å². The number of aliphatic carboxylic acids is 1. The Kier molecular flexibility index (Phi) is 7.22. The minimum Gasteiger partial charge on any atom is -0.481 e. The molecule has 1 aliphatic heterocycles. The molecule has 0 aromatic heterocycles. The van der Waals surface area contributed by atoms with E-state index in [1.165, 1.54) is 0 Å². The average molecular weight is 409 g/mol. The highest BCUT2D eigenvalue weighted by Gasteiger charge is 2.31. The second-order valence-corrected chi connectivity index (χ2v) is 7.66. The summed E-state index contributed by atoms with van der Waals surface area (Å²) >= 11 is 0. The van der Waals surface area contributed by atoms with Crippen molar-refractivity contribution in [2.45, 2.75) is 45.8 Å². The van der Waals surface area contributed by atoms with Gasteiger partial charge in [-0.2, -0.15) is 0 Å². The number of hydrogen-bond acceptors (Lipinski definition) is 4. The number of ether oxygens (including phenoxy) is 1. The van der Waals surface area contributed by atoms with Crippen molar-refractivity contribution in [2.24, 2.45) is 5.92 Å². The number of rotatable bonds is 8. The molecule has 0 aliphatic carbocycles. The SMILES string of the molecule is CCCCN1Cc2ccc(C(=O)OCc3ccccc3)cc2C[C@H](CC(=O)O)C1=O. The van der Waals surface area contributed by atoms with E-state index >= 15 is 0 Å². The Morgan fingerprint density at radius 1 is 1.13 bits per heavy atom. The van der Waals surface area contributed by atoms with Gasteiger partial charge in [-0.1, -0.05) is 49.7 Å². The van der Waals surface area contributed by atoms with Gasteiger partial charge in [-0.3, -0.25) is 9.59 Å². The van der Waals surface area contributed by atoms with Gasteiger partial charge in [-0.05, 0) is 41.7 Å². The standard InChI is InChI=1S/C24H27NO5/c1-2-3-11-25-15-19-10-9-18(24(29)30-16-17-7-5-4-6-8-17)12-20(19)13-21(23(25)28)14-22(26)27/h4-10,12,21H,2-3,11,13-16H2,1H3,(H,26,27)/t21-/m1/s1. The highest BCUT2D eigenvalue weighted by molar-refractivity contribution is 5.90. The summed E-state index contributed by atoms with van der Waals surface area (Å²) in [4.78, 5) is 38.5. The maximum Gasteiger partial charge on any atom is 0.338 e. The molecule has 1 aliphatic rings. The monoisotopic (exact) mass is 409 g/mol. The smallest absolute Gasteiger partial charge is 0.338 e. The van der Waals surface area contributed by atoms with Crippen LogP contribution in [0.1, 0.15) is 53.2 Å². The molecule has 2 aromatic rings. The number of amides is 1. The normalized spacial score (nSPS) is 16.0. The predicted molar refractivity (Wildman–Crippen MR) is 112 cm³/mol. The molecule has 2 aromatic carbocycles. The van der Waals surface area contributed by atoms with Crippen LogP contribution in [0.4, 0.5) is 0 Å². The van der Waals surface area contributed by atoms with Gasteiger partial charge in [0.25, 0.3) is 0 Å². The lowest BCUT2D eigenvalue weighted by molar-refractivity contribution is -0.144. The Morgan fingerprint density at radius 3 is 2.60 bits per heavy atom. The third kappa shape index (κ3) is 5.47. The molecule has 0 unspecified atom stereocenters. The summed E-state index contributed by atoms with van der Waals surface area (Å²) < 4.78 is 5.41. The summed E-state index contributed by atoms with van der Waals surface area (Å²) in [6.07, 6.45) is 1.91. The lowest BCUT2D eigenvalue weighted by Crippen LogP contribution is -2.36. The molecule has 0 radical (unpaired) electrons. The third-order valence-electron chi connectivity index (χ3n) is 5.35. The topological polar surface area (TPSA) is 83.9 Å². The fraction of sp³-hybridized carbons (Fsp3) is 0.375. The molecule has 3 rings (SSSR count). The van der Waals surface area contributed by atoms with E-state index in [-0.39, 0.29) is 18.9 Å². The van der Waals surface area contributed by atoms with Crippen LogP contribution in [-0.2, 0) is 33.9 Å². The van der Waals surface area contributed by atoms with Crippen LogP contribution in [0.15, 0.2) is 48.5 Å². The first-order valence-electron chi connectivity index (χ1n) is 10.3. The molecule has 0 bridgehead atoms. The zero-order valence-electron chi connectivity index (χ0n) is 17.2. The number of esters is 1. The number of benzene rings is 2. The number of nitrogens with zero attached hydrogens (tertiary/aromatic N) is 1. The van der Waals surface area contributed by atoms with Crippen molar-refractivity contribution in [3.8, 4) is 0 Å². The van der Waals surface area contributed by atoms with E-state index in [4.69, 9.17) is 4.74 Å². The minimum absolute atomic E-state index is 0.129. The Balaban J connectivity index is 1.79. The van der Waals surface area contributed by atoms with E-state index in [1.807, 2.05) is 36.4 Å². The molecule has 30 heavy (non-hydrogen) atoms. The van der Waals surface area contributed by atoms with Crippen LogP contribution in [0.5, 0.6) is 0 Å². The maximum atomic E-state index is 12.9. The van der Waals surface area contributed by atoms with E-state index in [0.717, 1.165) is 29.5 Å². The van der Waals surface area contributed by atoms with Gasteiger partial charge < -0.3 is 14.7 Å². The summed E-state index contributed by atoms with van der Waals surface area (Å²) in [6, 6.07) is 14.8. The third-order valence-corrected chi connectivity index (χ3v) is 5.35. The minimum atomic E-state index is -0.995. The van der Waals surface area contributed by atoms with Crippen LogP contribution >= 0.6 is 0 Å². The second-order valence-electron chi connectivity index (χ2n) is 7.66. The predicted octanol–water partition coefficient (Wildman–Crippen LogP) is 3.82. The lowest BCUT2D eigenvalue weighted by Gasteiger charge is -2.23. The van der Waals surface area contributed by atoms with Gasteiger partial charge in [0.15, 0.2) is 0 Å². The molecule has 6 nitrogen and oxygen atoms in total. The fourth-order valence-electron chi connectivity index (χ4n) is 3.71. The van der Waals surface area contributed by atoms with Crippen LogP contribution in [0.3, 0.4) is 0 Å². The van der Waals surface area contributed by atoms with Crippen molar-refractivity contribution in [3.05, 3.63) is 70.8 Å². The largest absolute Gasteiger partial charge is 0.481 e. The summed E-state index contributed by atoms with van der Waals surface area (Å²) in [5.41, 5.74) is 3.10. The first kappa shape index (κ1) is 21.6. The molecule has 1 N–H and O–H groups in total. The van der Waals surface area contributed by atoms with E-state index in [9.17, 15) is 19.5 Å². The first-order chi connectivity index (χ1) is 14.5. The number of hydrogen-bond donors (Lipinski definition) is 1. The Bertz CT molecular complexity index is 909. The Morgan fingerprint density at radius 2 is 1.90 bits per heavy atom. The number of carboxylic acids is 1. The van der Waals surface area contributed by atoms with Crippen molar-refractivity contribution < 1.29 is 24.2 Å². The zero-order chi connectivity index (χ0) is 21.5. The van der Waals surface area contributed by atoms with Crippen LogP contribution < -0.4 is 0 Å².